The first-order valence-electron chi connectivity index (χ1n) is 9.86. The van der Waals surface area contributed by atoms with Crippen molar-refractivity contribution in [1.82, 2.24) is 5.32 Å². The van der Waals surface area contributed by atoms with E-state index in [1.165, 1.54) is 24.4 Å². The van der Waals surface area contributed by atoms with Gasteiger partial charge >= 0.3 is 6.18 Å². The standard InChI is InChI=1S/C25H16F3N3O2/c26-25(27,28)18-6-3-16(4-7-18)17-5-10-20-21(13-17)22(24(33)31-23(20)32)14-30-19-8-1-15(2-9-19)11-12-29/h1-10,13-14,30H,11H2,(H,31,32,33). The van der Waals surface area contributed by atoms with Crippen LogP contribution in [0.15, 0.2) is 72.9 Å². The van der Waals surface area contributed by atoms with Gasteiger partial charge in [-0.2, -0.15) is 18.4 Å². The molecule has 5 nitrogen and oxygen atoms in total. The van der Waals surface area contributed by atoms with E-state index in [2.05, 4.69) is 16.7 Å². The number of amides is 2. The summed E-state index contributed by atoms with van der Waals surface area (Å²) in [6, 6.07) is 18.6. The molecule has 3 aromatic carbocycles. The maximum atomic E-state index is 12.9. The summed E-state index contributed by atoms with van der Waals surface area (Å²) in [6.07, 6.45) is -2.68. The maximum absolute atomic E-state index is 12.9. The minimum absolute atomic E-state index is 0.208. The van der Waals surface area contributed by atoms with Crippen LogP contribution in [-0.2, 0) is 17.4 Å². The second-order valence-electron chi connectivity index (χ2n) is 7.35. The molecule has 4 rings (SSSR count). The van der Waals surface area contributed by atoms with E-state index >= 15 is 0 Å². The number of hydrogen-bond donors (Lipinski definition) is 2. The van der Waals surface area contributed by atoms with Gasteiger partial charge in [0, 0.05) is 23.0 Å². The number of benzene rings is 3. The highest BCUT2D eigenvalue weighted by Crippen LogP contribution is 2.33. The lowest BCUT2D eigenvalue weighted by atomic mass is 9.91. The van der Waals surface area contributed by atoms with Crippen molar-refractivity contribution in [2.24, 2.45) is 0 Å². The summed E-state index contributed by atoms with van der Waals surface area (Å²) in [4.78, 5) is 24.8. The highest BCUT2D eigenvalue weighted by Gasteiger charge is 2.30. The monoisotopic (exact) mass is 447 g/mol. The van der Waals surface area contributed by atoms with Crippen molar-refractivity contribution in [3.8, 4) is 17.2 Å². The van der Waals surface area contributed by atoms with Crippen molar-refractivity contribution >= 4 is 23.1 Å². The zero-order valence-corrected chi connectivity index (χ0v) is 17.0. The molecule has 2 N–H and O–H groups in total. The molecule has 0 saturated carbocycles. The average Bonchev–Trinajstić information content (AvgIpc) is 2.79. The Hall–Kier alpha value is -4.38. The topological polar surface area (TPSA) is 82.0 Å². The van der Waals surface area contributed by atoms with Crippen molar-refractivity contribution in [3.63, 3.8) is 0 Å². The predicted octanol–water partition coefficient (Wildman–Crippen LogP) is 5.16. The number of nitriles is 1. The first-order chi connectivity index (χ1) is 15.8. The van der Waals surface area contributed by atoms with Crippen LogP contribution in [0.1, 0.15) is 27.0 Å². The third kappa shape index (κ3) is 4.62. The van der Waals surface area contributed by atoms with Crippen molar-refractivity contribution in [2.75, 3.05) is 5.32 Å². The molecule has 0 aromatic heterocycles. The number of halogens is 3. The van der Waals surface area contributed by atoms with Crippen LogP contribution >= 0.6 is 0 Å². The first kappa shape index (κ1) is 21.8. The van der Waals surface area contributed by atoms with Gasteiger partial charge < -0.3 is 5.32 Å². The lowest BCUT2D eigenvalue weighted by Crippen LogP contribution is -2.36. The number of imide groups is 1. The van der Waals surface area contributed by atoms with Crippen LogP contribution in [0.25, 0.3) is 16.7 Å². The fourth-order valence-electron chi connectivity index (χ4n) is 3.47. The number of nitrogens with one attached hydrogen (secondary N) is 2. The zero-order valence-electron chi connectivity index (χ0n) is 17.0. The summed E-state index contributed by atoms with van der Waals surface area (Å²) in [5.41, 5.74) is 2.71. The predicted molar refractivity (Wildman–Crippen MR) is 117 cm³/mol. The Balaban J connectivity index is 1.68. The Morgan fingerprint density at radius 1 is 0.879 bits per heavy atom. The van der Waals surface area contributed by atoms with E-state index in [-0.39, 0.29) is 17.6 Å². The average molecular weight is 447 g/mol. The first-order valence-corrected chi connectivity index (χ1v) is 9.86. The van der Waals surface area contributed by atoms with E-state index in [0.717, 1.165) is 17.7 Å². The van der Waals surface area contributed by atoms with Crippen LogP contribution in [0.4, 0.5) is 18.9 Å². The third-order valence-electron chi connectivity index (χ3n) is 5.19. The molecule has 0 fully saturated rings. The van der Waals surface area contributed by atoms with Gasteiger partial charge in [0.2, 0.25) is 0 Å². The summed E-state index contributed by atoms with van der Waals surface area (Å²) < 4.78 is 38.6. The molecule has 1 heterocycles. The Morgan fingerprint density at radius 3 is 2.18 bits per heavy atom. The summed E-state index contributed by atoms with van der Waals surface area (Å²) in [7, 11) is 0. The number of carbonyl (C=O) groups is 2. The van der Waals surface area contributed by atoms with Gasteiger partial charge in [0.15, 0.2) is 0 Å². The van der Waals surface area contributed by atoms with Crippen molar-refractivity contribution in [3.05, 3.63) is 95.2 Å². The maximum Gasteiger partial charge on any atom is 0.416 e. The van der Waals surface area contributed by atoms with Gasteiger partial charge in [-0.05, 0) is 53.1 Å². The van der Waals surface area contributed by atoms with E-state index in [1.807, 2.05) is 0 Å². The molecule has 1 aliphatic heterocycles. The lowest BCUT2D eigenvalue weighted by molar-refractivity contribution is -0.137. The molecule has 8 heteroatoms. The molecular formula is C25H16F3N3O2. The molecular weight excluding hydrogens is 431 g/mol. The van der Waals surface area contributed by atoms with Crippen LogP contribution < -0.4 is 10.6 Å². The lowest BCUT2D eigenvalue weighted by Gasteiger charge is -2.19. The molecule has 33 heavy (non-hydrogen) atoms. The molecule has 3 aromatic rings. The van der Waals surface area contributed by atoms with Crippen LogP contribution in [0.3, 0.4) is 0 Å². The molecule has 2 amide bonds. The van der Waals surface area contributed by atoms with Gasteiger partial charge in [-0.1, -0.05) is 30.3 Å². The molecule has 0 unspecified atom stereocenters. The number of anilines is 1. The van der Waals surface area contributed by atoms with E-state index in [4.69, 9.17) is 5.26 Å². The second-order valence-corrected chi connectivity index (χ2v) is 7.35. The SMILES string of the molecule is N#CCc1ccc(NC=C2C(=O)NC(=O)c3ccc(-c4ccc(C(F)(F)F)cc4)cc32)cc1. The minimum atomic E-state index is -4.44. The Labute approximate surface area is 187 Å². The molecule has 0 saturated heterocycles. The van der Waals surface area contributed by atoms with Crippen LogP contribution in [0, 0.1) is 11.3 Å². The number of fused-ring (bicyclic) bond motifs is 1. The van der Waals surface area contributed by atoms with E-state index in [1.54, 1.807) is 36.4 Å². The normalized spacial score (nSPS) is 14.4. The minimum Gasteiger partial charge on any atom is -0.361 e. The summed E-state index contributed by atoms with van der Waals surface area (Å²) in [5, 5.41) is 14.1. The zero-order chi connectivity index (χ0) is 23.6. The quantitative estimate of drug-likeness (QED) is 0.428. The third-order valence-corrected chi connectivity index (χ3v) is 5.19. The number of nitrogens with zero attached hydrogens (tertiary/aromatic N) is 1. The van der Waals surface area contributed by atoms with Gasteiger partial charge in [-0.15, -0.1) is 0 Å². The number of alkyl halides is 3. The molecule has 0 aliphatic carbocycles. The summed E-state index contributed by atoms with van der Waals surface area (Å²) >= 11 is 0. The number of rotatable bonds is 4. The Bertz CT molecular complexity index is 1300. The highest BCUT2D eigenvalue weighted by atomic mass is 19.4. The van der Waals surface area contributed by atoms with Crippen molar-refractivity contribution < 1.29 is 22.8 Å². The fraction of sp³-hybridized carbons (Fsp3) is 0.0800. The summed E-state index contributed by atoms with van der Waals surface area (Å²) in [5.74, 6) is -1.14. The van der Waals surface area contributed by atoms with E-state index in [9.17, 15) is 22.8 Å². The Kier molecular flexibility index (Phi) is 5.71. The molecule has 0 spiro atoms. The van der Waals surface area contributed by atoms with Crippen molar-refractivity contribution in [1.29, 1.82) is 5.26 Å². The molecule has 0 radical (unpaired) electrons. The number of carbonyl (C=O) groups excluding carboxylic acids is 2. The van der Waals surface area contributed by atoms with Gasteiger partial charge in [-0.25, -0.2) is 0 Å². The van der Waals surface area contributed by atoms with E-state index in [0.29, 0.717) is 22.4 Å². The van der Waals surface area contributed by atoms with Gasteiger partial charge in [0.1, 0.15) is 0 Å². The molecule has 1 aliphatic rings. The second kappa shape index (κ2) is 8.63. The largest absolute Gasteiger partial charge is 0.416 e. The van der Waals surface area contributed by atoms with Gasteiger partial charge in [-0.3, -0.25) is 14.9 Å². The number of hydrogen-bond acceptors (Lipinski definition) is 4. The van der Waals surface area contributed by atoms with Crippen LogP contribution in [0.5, 0.6) is 0 Å². The van der Waals surface area contributed by atoms with E-state index < -0.39 is 23.6 Å². The summed E-state index contributed by atoms with van der Waals surface area (Å²) in [6.45, 7) is 0. The van der Waals surface area contributed by atoms with Crippen LogP contribution in [-0.4, -0.2) is 11.8 Å². The van der Waals surface area contributed by atoms with Crippen molar-refractivity contribution in [2.45, 2.75) is 12.6 Å². The van der Waals surface area contributed by atoms with Crippen LogP contribution in [0.2, 0.25) is 0 Å². The Morgan fingerprint density at radius 2 is 1.55 bits per heavy atom. The fourth-order valence-corrected chi connectivity index (χ4v) is 3.47. The van der Waals surface area contributed by atoms with Gasteiger partial charge in [0.05, 0.1) is 23.6 Å². The van der Waals surface area contributed by atoms with Gasteiger partial charge in [0.25, 0.3) is 11.8 Å². The highest BCUT2D eigenvalue weighted by molar-refractivity contribution is 6.31. The smallest absolute Gasteiger partial charge is 0.361 e. The molecule has 0 bridgehead atoms. The molecule has 164 valence electrons. The molecule has 0 atom stereocenters.